The summed E-state index contributed by atoms with van der Waals surface area (Å²) in [7, 11) is -4.44. The van der Waals surface area contributed by atoms with Crippen LogP contribution in [0.4, 0.5) is 0 Å². The van der Waals surface area contributed by atoms with E-state index in [-0.39, 0.29) is 0 Å². The first-order valence-corrected chi connectivity index (χ1v) is 14.3. The van der Waals surface area contributed by atoms with Crippen LogP contribution in [0.3, 0.4) is 0 Å². The van der Waals surface area contributed by atoms with Gasteiger partial charge in [0.25, 0.3) is 0 Å². The Morgan fingerprint density at radius 2 is 1.10 bits per heavy atom. The third-order valence-corrected chi connectivity index (χ3v) is 18.1. The molecule has 2 atom stereocenters. The number of nitrogens with one attached hydrogen (secondary N) is 3. The number of hydrogen-bond acceptors (Lipinski definition) is 3. The maximum Gasteiger partial charge on any atom is 0.219 e. The zero-order valence-corrected chi connectivity index (χ0v) is 15.8. The molecule has 3 N–H and O–H groups in total. The summed E-state index contributed by atoms with van der Waals surface area (Å²) in [5.41, 5.74) is 0. The summed E-state index contributed by atoms with van der Waals surface area (Å²) in [5, 5.41) is 2.87. The summed E-state index contributed by atoms with van der Waals surface area (Å²) in [6, 6.07) is 21.8. The molecule has 1 fully saturated rings. The molecule has 0 bridgehead atoms. The molecular formula is C15H22N3Si3. The third kappa shape index (κ3) is 2.96. The Labute approximate surface area is 130 Å². The molecule has 0 aromatic heterocycles. The van der Waals surface area contributed by atoms with Crippen molar-refractivity contribution in [2.24, 2.45) is 0 Å². The monoisotopic (exact) mass is 328 g/mol. The number of hydrogen-bond donors (Lipinski definition) is 3. The molecule has 0 saturated carbocycles. The van der Waals surface area contributed by atoms with Crippen LogP contribution in [-0.4, -0.2) is 25.9 Å². The molecule has 2 aromatic carbocycles. The van der Waals surface area contributed by atoms with Gasteiger partial charge in [0.15, 0.2) is 0 Å². The minimum absolute atomic E-state index is 0.738. The smallest absolute Gasteiger partial charge is 0.219 e. The minimum Gasteiger partial charge on any atom is -0.333 e. The molecule has 0 amide bonds. The molecule has 2 aromatic rings. The van der Waals surface area contributed by atoms with Crippen LogP contribution >= 0.6 is 0 Å². The topological polar surface area (TPSA) is 36.1 Å². The molecule has 0 aliphatic carbocycles. The van der Waals surface area contributed by atoms with E-state index in [0.717, 1.165) is 0 Å². The highest BCUT2D eigenvalue weighted by Gasteiger charge is 2.47. The first kappa shape index (κ1) is 14.9. The molecule has 6 heteroatoms. The summed E-state index contributed by atoms with van der Waals surface area (Å²) < 4.78 is 11.8. The molecule has 109 valence electrons. The molecule has 1 radical (unpaired) electrons. The second-order valence-corrected chi connectivity index (χ2v) is 15.9. The van der Waals surface area contributed by atoms with E-state index < -0.39 is 25.9 Å². The van der Waals surface area contributed by atoms with Crippen molar-refractivity contribution in [3.05, 3.63) is 60.7 Å². The maximum absolute atomic E-state index is 4.05. The van der Waals surface area contributed by atoms with Crippen molar-refractivity contribution in [2.45, 2.75) is 19.6 Å². The van der Waals surface area contributed by atoms with E-state index in [1.54, 1.807) is 0 Å². The van der Waals surface area contributed by atoms with E-state index >= 15 is 0 Å². The highest BCUT2D eigenvalue weighted by molar-refractivity contribution is 7.09. The van der Waals surface area contributed by atoms with Crippen LogP contribution in [0.2, 0.25) is 19.6 Å². The summed E-state index contributed by atoms with van der Waals surface area (Å²) in [6.45, 7) is 7.12. The van der Waals surface area contributed by atoms with Crippen LogP contribution in [0.5, 0.6) is 0 Å². The molecule has 3 rings (SSSR count). The van der Waals surface area contributed by atoms with Gasteiger partial charge in [0.1, 0.15) is 0 Å². The highest BCUT2D eigenvalue weighted by atomic mass is 28.5. The van der Waals surface area contributed by atoms with Gasteiger partial charge in [-0.2, -0.15) is 0 Å². The predicted molar refractivity (Wildman–Crippen MR) is 96.4 cm³/mol. The van der Waals surface area contributed by atoms with Crippen molar-refractivity contribution in [3.63, 3.8) is 0 Å². The summed E-state index contributed by atoms with van der Waals surface area (Å²) in [6.07, 6.45) is 0. The van der Waals surface area contributed by atoms with Crippen molar-refractivity contribution in [2.75, 3.05) is 0 Å². The normalized spacial score (nSPS) is 30.2. The lowest BCUT2D eigenvalue weighted by molar-refractivity contribution is 1.10. The van der Waals surface area contributed by atoms with Gasteiger partial charge in [0.05, 0.1) is 0 Å². The van der Waals surface area contributed by atoms with Crippen LogP contribution in [-0.2, 0) is 0 Å². The Hall–Kier alpha value is -1.03. The molecule has 1 heterocycles. The van der Waals surface area contributed by atoms with Gasteiger partial charge in [0, 0.05) is 0 Å². The fourth-order valence-electron chi connectivity index (χ4n) is 3.18. The number of rotatable bonds is 2. The van der Waals surface area contributed by atoms with E-state index in [1.165, 1.54) is 10.4 Å². The molecule has 21 heavy (non-hydrogen) atoms. The fourth-order valence-corrected chi connectivity index (χ4v) is 19.6. The summed E-state index contributed by atoms with van der Waals surface area (Å²) in [4.78, 5) is 0. The molecule has 1 aliphatic heterocycles. The number of benzene rings is 2. The lowest BCUT2D eigenvalue weighted by Gasteiger charge is -2.47. The Bertz CT molecular complexity index is 557. The Morgan fingerprint density at radius 3 is 1.48 bits per heavy atom. The van der Waals surface area contributed by atoms with Gasteiger partial charge in [-0.3, -0.25) is 0 Å². The van der Waals surface area contributed by atoms with Gasteiger partial charge in [-0.15, -0.1) is 0 Å². The Morgan fingerprint density at radius 1 is 0.714 bits per heavy atom. The lowest BCUT2D eigenvalue weighted by atomic mass is 10.4. The molecule has 1 aliphatic rings. The second-order valence-electron chi connectivity index (χ2n) is 5.98. The Balaban J connectivity index is 1.99. The highest BCUT2D eigenvalue weighted by Crippen LogP contribution is 2.08. The molecule has 2 unspecified atom stereocenters. The van der Waals surface area contributed by atoms with E-state index in [1.807, 2.05) is 0 Å². The largest absolute Gasteiger partial charge is 0.333 e. The molecule has 0 spiro atoms. The van der Waals surface area contributed by atoms with E-state index in [4.69, 9.17) is 0 Å². The van der Waals surface area contributed by atoms with Gasteiger partial charge in [-0.05, 0) is 30.0 Å². The predicted octanol–water partition coefficient (Wildman–Crippen LogP) is 0.845. The van der Waals surface area contributed by atoms with Crippen LogP contribution in [0, 0.1) is 0 Å². The standard InChI is InChI=1S/C15H22N3Si3/c1-19-16-20(2,14-10-6-4-7-11-14)18-21(3,17-19)15-12-8-5-9-13-15/h4-13,16-18H,1-3H3. The van der Waals surface area contributed by atoms with E-state index in [2.05, 4.69) is 94.2 Å². The maximum atomic E-state index is 4.05. The van der Waals surface area contributed by atoms with Crippen molar-refractivity contribution in [1.82, 2.24) is 13.9 Å². The second kappa shape index (κ2) is 5.64. The van der Waals surface area contributed by atoms with E-state index in [9.17, 15) is 0 Å². The molecule has 3 nitrogen and oxygen atoms in total. The molecular weight excluding hydrogens is 306 g/mol. The summed E-state index contributed by atoms with van der Waals surface area (Å²) in [5.74, 6) is 0. The van der Waals surface area contributed by atoms with Crippen LogP contribution in [0.25, 0.3) is 0 Å². The van der Waals surface area contributed by atoms with Gasteiger partial charge in [-0.25, -0.2) is 0 Å². The SMILES string of the molecule is C[Si]1N[Si](C)(c2ccccc2)N[Si](C)(c2ccccc2)N1. The van der Waals surface area contributed by atoms with Crippen molar-refractivity contribution in [1.29, 1.82) is 0 Å². The lowest BCUT2D eigenvalue weighted by Crippen LogP contribution is -2.91. The summed E-state index contributed by atoms with van der Waals surface area (Å²) >= 11 is 0. The quantitative estimate of drug-likeness (QED) is 0.715. The van der Waals surface area contributed by atoms with E-state index in [0.29, 0.717) is 0 Å². The zero-order valence-electron chi connectivity index (χ0n) is 12.8. The van der Waals surface area contributed by atoms with Gasteiger partial charge in [0.2, 0.25) is 25.9 Å². The average Bonchev–Trinajstić information content (AvgIpc) is 2.48. The zero-order chi connectivity index (χ0) is 14.9. The minimum atomic E-state index is -1.85. The Kier molecular flexibility index (Phi) is 4.00. The first-order chi connectivity index (χ1) is 10.0. The van der Waals surface area contributed by atoms with Gasteiger partial charge >= 0.3 is 0 Å². The first-order valence-electron chi connectivity index (χ1n) is 7.32. The van der Waals surface area contributed by atoms with Crippen molar-refractivity contribution < 1.29 is 0 Å². The third-order valence-electron chi connectivity index (χ3n) is 4.08. The van der Waals surface area contributed by atoms with Gasteiger partial charge in [-0.1, -0.05) is 60.7 Å². The fraction of sp³-hybridized carbons (Fsp3) is 0.200. The molecule has 1 saturated heterocycles. The van der Waals surface area contributed by atoms with Gasteiger partial charge < -0.3 is 13.9 Å². The average molecular weight is 329 g/mol. The van der Waals surface area contributed by atoms with Crippen molar-refractivity contribution >= 4 is 36.3 Å². The van der Waals surface area contributed by atoms with Crippen LogP contribution < -0.4 is 24.3 Å². The van der Waals surface area contributed by atoms with Crippen molar-refractivity contribution in [3.8, 4) is 0 Å². The van der Waals surface area contributed by atoms with Crippen LogP contribution in [0.15, 0.2) is 60.7 Å². The van der Waals surface area contributed by atoms with Crippen LogP contribution in [0.1, 0.15) is 0 Å².